The maximum atomic E-state index is 11.5. The van der Waals surface area contributed by atoms with Gasteiger partial charge in [-0.3, -0.25) is 9.59 Å². The van der Waals surface area contributed by atoms with Gasteiger partial charge in [-0.2, -0.15) is 0 Å². The Morgan fingerprint density at radius 1 is 1.31 bits per heavy atom. The summed E-state index contributed by atoms with van der Waals surface area (Å²) >= 11 is 0. The van der Waals surface area contributed by atoms with Crippen LogP contribution in [-0.4, -0.2) is 50.6 Å². The van der Waals surface area contributed by atoms with E-state index in [1.807, 2.05) is 6.92 Å². The normalized spacial score (nSPS) is 9.94. The van der Waals surface area contributed by atoms with E-state index in [1.54, 1.807) is 14.2 Å². The van der Waals surface area contributed by atoms with Gasteiger partial charge in [0.15, 0.2) is 0 Å². The molecule has 94 valence electrons. The molecule has 0 aromatic heterocycles. The summed E-state index contributed by atoms with van der Waals surface area (Å²) in [6, 6.07) is 0. The van der Waals surface area contributed by atoms with Crippen LogP contribution in [-0.2, 0) is 14.3 Å². The lowest BCUT2D eigenvalue weighted by Gasteiger charge is -2.15. The monoisotopic (exact) mass is 230 g/mol. The number of methoxy groups -OCH3 is 1. The van der Waals surface area contributed by atoms with Gasteiger partial charge in [0.05, 0.1) is 0 Å². The molecule has 0 bridgehead atoms. The molecule has 0 saturated heterocycles. The van der Waals surface area contributed by atoms with E-state index in [-0.39, 0.29) is 0 Å². The number of nitrogens with zero attached hydrogens (tertiary/aromatic N) is 1. The number of rotatable bonds is 7. The summed E-state index contributed by atoms with van der Waals surface area (Å²) in [6.07, 6.45) is 2.64. The number of ether oxygens (including phenoxy) is 1. The Bertz CT molecular complexity index is 219. The van der Waals surface area contributed by atoms with Crippen LogP contribution in [0.3, 0.4) is 0 Å². The molecule has 0 fully saturated rings. The number of hydrogen-bond donors (Lipinski definition) is 1. The van der Waals surface area contributed by atoms with Gasteiger partial charge in [0.25, 0.3) is 0 Å². The second-order valence-corrected chi connectivity index (χ2v) is 3.68. The van der Waals surface area contributed by atoms with E-state index >= 15 is 0 Å². The lowest BCUT2D eigenvalue weighted by atomic mass is 10.3. The Hall–Kier alpha value is -1.10. The van der Waals surface area contributed by atoms with Gasteiger partial charge in [0.1, 0.15) is 0 Å². The molecule has 0 aliphatic carbocycles. The standard InChI is InChI=1S/C11H22N2O3/c1-4-5-8-13(2)11(15)10(14)12-7-6-9-16-3/h4-9H2,1-3H3,(H,12,14). The van der Waals surface area contributed by atoms with Crippen LogP contribution in [0, 0.1) is 0 Å². The van der Waals surface area contributed by atoms with Crippen LogP contribution in [0.2, 0.25) is 0 Å². The van der Waals surface area contributed by atoms with Crippen molar-refractivity contribution in [3.05, 3.63) is 0 Å². The molecule has 0 aliphatic rings. The number of hydrogen-bond acceptors (Lipinski definition) is 3. The summed E-state index contributed by atoms with van der Waals surface area (Å²) in [6.45, 7) is 3.73. The van der Waals surface area contributed by atoms with Crippen molar-refractivity contribution >= 4 is 11.8 Å². The van der Waals surface area contributed by atoms with Crippen molar-refractivity contribution in [3.63, 3.8) is 0 Å². The van der Waals surface area contributed by atoms with Gasteiger partial charge >= 0.3 is 11.8 Å². The Morgan fingerprint density at radius 2 is 2.00 bits per heavy atom. The predicted octanol–water partition coefficient (Wildman–Crippen LogP) is 0.398. The molecule has 0 atom stereocenters. The molecule has 0 heterocycles. The maximum Gasteiger partial charge on any atom is 0.311 e. The second-order valence-electron chi connectivity index (χ2n) is 3.68. The van der Waals surface area contributed by atoms with Crippen molar-refractivity contribution in [1.29, 1.82) is 0 Å². The number of carbonyl (C=O) groups excluding carboxylic acids is 2. The van der Waals surface area contributed by atoms with Crippen LogP contribution in [0.25, 0.3) is 0 Å². The number of unbranched alkanes of at least 4 members (excludes halogenated alkanes) is 1. The molecule has 5 heteroatoms. The van der Waals surface area contributed by atoms with E-state index < -0.39 is 11.8 Å². The SMILES string of the molecule is CCCCN(C)C(=O)C(=O)NCCCOC. The first-order valence-corrected chi connectivity index (χ1v) is 5.65. The molecular formula is C11H22N2O3. The van der Waals surface area contributed by atoms with E-state index in [4.69, 9.17) is 4.74 Å². The molecule has 0 rings (SSSR count). The van der Waals surface area contributed by atoms with Crippen molar-refractivity contribution in [1.82, 2.24) is 10.2 Å². The van der Waals surface area contributed by atoms with E-state index in [0.29, 0.717) is 26.1 Å². The van der Waals surface area contributed by atoms with Gasteiger partial charge in [-0.1, -0.05) is 13.3 Å². The van der Waals surface area contributed by atoms with Gasteiger partial charge < -0.3 is 15.0 Å². The first kappa shape index (κ1) is 14.9. The number of nitrogens with one attached hydrogen (secondary N) is 1. The first-order valence-electron chi connectivity index (χ1n) is 5.65. The second kappa shape index (κ2) is 9.15. The third-order valence-electron chi connectivity index (χ3n) is 2.20. The Balaban J connectivity index is 3.75. The van der Waals surface area contributed by atoms with Crippen LogP contribution >= 0.6 is 0 Å². The molecule has 0 saturated carbocycles. The number of amides is 2. The summed E-state index contributed by atoms with van der Waals surface area (Å²) in [7, 11) is 3.25. The summed E-state index contributed by atoms with van der Waals surface area (Å²) in [5, 5.41) is 2.56. The van der Waals surface area contributed by atoms with Gasteiger partial charge in [-0.25, -0.2) is 0 Å². The predicted molar refractivity (Wildman–Crippen MR) is 62.0 cm³/mol. The zero-order valence-corrected chi connectivity index (χ0v) is 10.4. The van der Waals surface area contributed by atoms with Crippen molar-refractivity contribution < 1.29 is 14.3 Å². The molecule has 0 aliphatic heterocycles. The fourth-order valence-corrected chi connectivity index (χ4v) is 1.16. The van der Waals surface area contributed by atoms with Crippen molar-refractivity contribution in [2.75, 3.05) is 33.9 Å². The molecule has 5 nitrogen and oxygen atoms in total. The molecule has 0 radical (unpaired) electrons. The number of carbonyl (C=O) groups is 2. The molecule has 0 unspecified atom stereocenters. The van der Waals surface area contributed by atoms with Crippen molar-refractivity contribution in [2.45, 2.75) is 26.2 Å². The average molecular weight is 230 g/mol. The van der Waals surface area contributed by atoms with Gasteiger partial charge in [0, 0.05) is 33.9 Å². The highest BCUT2D eigenvalue weighted by molar-refractivity contribution is 6.34. The minimum absolute atomic E-state index is 0.467. The highest BCUT2D eigenvalue weighted by Gasteiger charge is 2.16. The third-order valence-corrected chi connectivity index (χ3v) is 2.20. The topological polar surface area (TPSA) is 58.6 Å². The molecule has 0 aromatic rings. The van der Waals surface area contributed by atoms with Crippen LogP contribution in [0.4, 0.5) is 0 Å². The van der Waals surface area contributed by atoms with Crippen LogP contribution < -0.4 is 5.32 Å². The summed E-state index contributed by atoms with van der Waals surface area (Å²) in [5.41, 5.74) is 0. The van der Waals surface area contributed by atoms with E-state index in [1.165, 1.54) is 4.90 Å². The first-order chi connectivity index (χ1) is 7.63. The molecule has 0 spiro atoms. The largest absolute Gasteiger partial charge is 0.385 e. The zero-order chi connectivity index (χ0) is 12.4. The summed E-state index contributed by atoms with van der Waals surface area (Å²) in [4.78, 5) is 24.3. The highest BCUT2D eigenvalue weighted by atomic mass is 16.5. The lowest BCUT2D eigenvalue weighted by Crippen LogP contribution is -2.41. The van der Waals surface area contributed by atoms with Crippen molar-refractivity contribution in [2.24, 2.45) is 0 Å². The maximum absolute atomic E-state index is 11.5. The van der Waals surface area contributed by atoms with Gasteiger partial charge in [-0.15, -0.1) is 0 Å². The summed E-state index contributed by atoms with van der Waals surface area (Å²) in [5.74, 6) is -0.999. The van der Waals surface area contributed by atoms with E-state index in [2.05, 4.69) is 5.32 Å². The molecule has 1 N–H and O–H groups in total. The van der Waals surface area contributed by atoms with Crippen LogP contribution in [0.5, 0.6) is 0 Å². The van der Waals surface area contributed by atoms with Crippen LogP contribution in [0.15, 0.2) is 0 Å². The highest BCUT2D eigenvalue weighted by Crippen LogP contribution is 1.92. The molecular weight excluding hydrogens is 208 g/mol. The smallest absolute Gasteiger partial charge is 0.311 e. The van der Waals surface area contributed by atoms with E-state index in [0.717, 1.165) is 12.8 Å². The van der Waals surface area contributed by atoms with Crippen LogP contribution in [0.1, 0.15) is 26.2 Å². The summed E-state index contributed by atoms with van der Waals surface area (Å²) < 4.78 is 4.84. The quantitative estimate of drug-likeness (QED) is 0.508. The number of likely N-dealkylation sites (N-methyl/N-ethyl adjacent to an activating group) is 1. The van der Waals surface area contributed by atoms with Gasteiger partial charge in [-0.05, 0) is 12.8 Å². The fourth-order valence-electron chi connectivity index (χ4n) is 1.16. The van der Waals surface area contributed by atoms with Gasteiger partial charge in [0.2, 0.25) is 0 Å². The molecule has 2 amide bonds. The molecule has 16 heavy (non-hydrogen) atoms. The minimum atomic E-state index is -0.533. The minimum Gasteiger partial charge on any atom is -0.385 e. The van der Waals surface area contributed by atoms with Crippen molar-refractivity contribution in [3.8, 4) is 0 Å². The third kappa shape index (κ3) is 6.40. The fraction of sp³-hybridized carbons (Fsp3) is 0.818. The Morgan fingerprint density at radius 3 is 2.56 bits per heavy atom. The van der Waals surface area contributed by atoms with E-state index in [9.17, 15) is 9.59 Å². The lowest BCUT2D eigenvalue weighted by molar-refractivity contribution is -0.145. The Labute approximate surface area is 97.1 Å². The molecule has 0 aromatic carbocycles. The zero-order valence-electron chi connectivity index (χ0n) is 10.4. The Kier molecular flexibility index (Phi) is 8.52. The average Bonchev–Trinajstić information content (AvgIpc) is 2.30.